The van der Waals surface area contributed by atoms with Crippen LogP contribution < -0.4 is 0 Å². The van der Waals surface area contributed by atoms with Gasteiger partial charge in [-0.25, -0.2) is 8.42 Å². The van der Waals surface area contributed by atoms with Crippen molar-refractivity contribution in [3.8, 4) is 0 Å². The highest BCUT2D eigenvalue weighted by Gasteiger charge is 2.31. The van der Waals surface area contributed by atoms with E-state index in [2.05, 4.69) is 48.5 Å². The van der Waals surface area contributed by atoms with Gasteiger partial charge < -0.3 is 0 Å². The Morgan fingerprint density at radius 3 is 1.82 bits per heavy atom. The van der Waals surface area contributed by atoms with Gasteiger partial charge in [-0.1, -0.05) is 66.7 Å². The highest BCUT2D eigenvalue weighted by atomic mass is 32.2. The number of nitrogens with zero attached hydrogens (tertiary/aromatic N) is 1. The second-order valence-electron chi connectivity index (χ2n) is 7.86. The number of sulfonamides is 1. The third-order valence-electron chi connectivity index (χ3n) is 3.45. The molecule has 0 N–H and O–H groups in total. The van der Waals surface area contributed by atoms with Crippen LogP contribution in [0.5, 0.6) is 0 Å². The van der Waals surface area contributed by atoms with Crippen LogP contribution in [0, 0.1) is 11.8 Å². The molecule has 0 aliphatic carbocycles. The molecule has 0 heterocycles. The molecular formula is C18H31NO2S. The molecule has 1 aromatic carbocycles. The van der Waals surface area contributed by atoms with E-state index >= 15 is 0 Å². The van der Waals surface area contributed by atoms with Gasteiger partial charge in [-0.05, 0) is 28.9 Å². The van der Waals surface area contributed by atoms with Crippen LogP contribution >= 0.6 is 0 Å². The molecule has 126 valence electrons. The lowest BCUT2D eigenvalue weighted by molar-refractivity contribution is 0.332. The molecule has 0 spiro atoms. The smallest absolute Gasteiger partial charge is 0.207 e. The zero-order valence-corrected chi connectivity index (χ0v) is 15.9. The Bertz CT molecular complexity index is 573. The van der Waals surface area contributed by atoms with Gasteiger partial charge in [0.2, 0.25) is 10.0 Å². The molecule has 0 radical (unpaired) electrons. The van der Waals surface area contributed by atoms with Crippen LogP contribution in [0.25, 0.3) is 0 Å². The molecule has 0 fully saturated rings. The molecule has 0 saturated carbocycles. The lowest BCUT2D eigenvalue weighted by Crippen LogP contribution is -2.38. The summed E-state index contributed by atoms with van der Waals surface area (Å²) in [7, 11) is -3.47. The minimum atomic E-state index is -3.47. The van der Waals surface area contributed by atoms with E-state index in [1.165, 1.54) is 0 Å². The average molecular weight is 326 g/mol. The largest absolute Gasteiger partial charge is 0.243 e. The summed E-state index contributed by atoms with van der Waals surface area (Å²) in [6.07, 6.45) is 0. The maximum atomic E-state index is 13.2. The number of hydrogen-bond acceptors (Lipinski definition) is 2. The average Bonchev–Trinajstić information content (AvgIpc) is 2.36. The Labute approximate surface area is 136 Å². The lowest BCUT2D eigenvalue weighted by Gasteiger charge is -2.29. The molecular weight excluding hydrogens is 294 g/mol. The van der Waals surface area contributed by atoms with Gasteiger partial charge in [0.1, 0.15) is 0 Å². The van der Waals surface area contributed by atoms with Crippen molar-refractivity contribution >= 4 is 10.0 Å². The van der Waals surface area contributed by atoms with Crippen molar-refractivity contribution in [2.24, 2.45) is 11.8 Å². The normalized spacial score (nSPS) is 13.4. The summed E-state index contributed by atoms with van der Waals surface area (Å²) in [5, 5.41) is 0. The first kappa shape index (κ1) is 19.2. The van der Waals surface area contributed by atoms with Gasteiger partial charge in [0.05, 0.1) is 4.90 Å². The van der Waals surface area contributed by atoms with Gasteiger partial charge in [-0.15, -0.1) is 0 Å². The third kappa shape index (κ3) is 4.82. The van der Waals surface area contributed by atoms with Crippen LogP contribution in [0.1, 0.15) is 54.0 Å². The Kier molecular flexibility index (Phi) is 6.22. The molecule has 1 rings (SSSR count). The van der Waals surface area contributed by atoms with Gasteiger partial charge in [-0.3, -0.25) is 0 Å². The maximum Gasteiger partial charge on any atom is 0.243 e. The minimum Gasteiger partial charge on any atom is -0.207 e. The summed E-state index contributed by atoms with van der Waals surface area (Å²) in [4.78, 5) is 0.448. The predicted molar refractivity (Wildman–Crippen MR) is 93.6 cm³/mol. The number of rotatable bonds is 6. The van der Waals surface area contributed by atoms with E-state index in [1.54, 1.807) is 10.4 Å². The van der Waals surface area contributed by atoms with Gasteiger partial charge in [0.15, 0.2) is 0 Å². The van der Waals surface area contributed by atoms with Crippen molar-refractivity contribution in [1.29, 1.82) is 0 Å². The summed E-state index contributed by atoms with van der Waals surface area (Å²) in [6.45, 7) is 15.5. The molecule has 0 unspecified atom stereocenters. The summed E-state index contributed by atoms with van der Waals surface area (Å²) in [6, 6.07) is 7.39. The summed E-state index contributed by atoms with van der Waals surface area (Å²) >= 11 is 0. The second-order valence-corrected chi connectivity index (χ2v) is 9.76. The monoisotopic (exact) mass is 325 g/mol. The SMILES string of the molecule is CC(C)CN(CC(C)C)S(=O)(=O)c1ccccc1C(C)(C)C. The van der Waals surface area contributed by atoms with Crippen molar-refractivity contribution in [2.75, 3.05) is 13.1 Å². The minimum absolute atomic E-state index is 0.203. The van der Waals surface area contributed by atoms with Crippen LogP contribution in [-0.2, 0) is 15.4 Å². The molecule has 4 heteroatoms. The van der Waals surface area contributed by atoms with Crippen LogP contribution in [0.2, 0.25) is 0 Å². The molecule has 0 aliphatic heterocycles. The van der Waals surface area contributed by atoms with E-state index in [1.807, 2.05) is 18.2 Å². The van der Waals surface area contributed by atoms with E-state index in [-0.39, 0.29) is 5.41 Å². The fraction of sp³-hybridized carbons (Fsp3) is 0.667. The maximum absolute atomic E-state index is 13.2. The van der Waals surface area contributed by atoms with E-state index in [0.29, 0.717) is 29.8 Å². The predicted octanol–water partition coefficient (Wildman–Crippen LogP) is 4.29. The highest BCUT2D eigenvalue weighted by molar-refractivity contribution is 7.89. The van der Waals surface area contributed by atoms with Gasteiger partial charge in [0.25, 0.3) is 0 Å². The van der Waals surface area contributed by atoms with E-state index < -0.39 is 10.0 Å². The molecule has 22 heavy (non-hydrogen) atoms. The first-order valence-corrected chi connectivity index (χ1v) is 9.50. The quantitative estimate of drug-likeness (QED) is 0.782. The third-order valence-corrected chi connectivity index (χ3v) is 5.34. The molecule has 0 bridgehead atoms. The Hall–Kier alpha value is -0.870. The topological polar surface area (TPSA) is 37.4 Å². The van der Waals surface area contributed by atoms with Crippen LogP contribution in [0.4, 0.5) is 0 Å². The van der Waals surface area contributed by atoms with Gasteiger partial charge in [-0.2, -0.15) is 4.31 Å². The standard InChI is InChI=1S/C18H31NO2S/c1-14(2)12-19(13-15(3)4)22(20,21)17-11-9-8-10-16(17)18(5,6)7/h8-11,14-15H,12-13H2,1-7H3. The summed E-state index contributed by atoms with van der Waals surface area (Å²) in [5.74, 6) is 0.602. The fourth-order valence-corrected chi connectivity index (χ4v) is 4.71. The van der Waals surface area contributed by atoms with Gasteiger partial charge >= 0.3 is 0 Å². The Balaban J connectivity index is 3.37. The Morgan fingerprint density at radius 1 is 0.955 bits per heavy atom. The second kappa shape index (κ2) is 7.14. The summed E-state index contributed by atoms with van der Waals surface area (Å²) in [5.41, 5.74) is 0.679. The molecule has 1 aromatic rings. The van der Waals surface area contributed by atoms with Crippen LogP contribution in [0.3, 0.4) is 0 Å². The molecule has 0 amide bonds. The first-order chi connectivity index (χ1) is 9.96. The van der Waals surface area contributed by atoms with Gasteiger partial charge in [0, 0.05) is 13.1 Å². The van der Waals surface area contributed by atoms with Crippen molar-refractivity contribution < 1.29 is 8.42 Å². The van der Waals surface area contributed by atoms with E-state index in [9.17, 15) is 8.42 Å². The molecule has 0 aliphatic rings. The number of hydrogen-bond donors (Lipinski definition) is 0. The lowest BCUT2D eigenvalue weighted by atomic mass is 9.87. The van der Waals surface area contributed by atoms with Crippen LogP contribution in [0.15, 0.2) is 29.2 Å². The van der Waals surface area contributed by atoms with E-state index in [4.69, 9.17) is 0 Å². The molecule has 0 saturated heterocycles. The molecule has 3 nitrogen and oxygen atoms in total. The zero-order chi connectivity index (χ0) is 17.1. The Morgan fingerprint density at radius 2 is 1.41 bits per heavy atom. The highest BCUT2D eigenvalue weighted by Crippen LogP contribution is 2.31. The molecule has 0 atom stereocenters. The van der Waals surface area contributed by atoms with Crippen molar-refractivity contribution in [1.82, 2.24) is 4.31 Å². The van der Waals surface area contributed by atoms with Crippen molar-refractivity contribution in [3.05, 3.63) is 29.8 Å². The summed E-state index contributed by atoms with van der Waals surface area (Å²) < 4.78 is 28.0. The van der Waals surface area contributed by atoms with Crippen LogP contribution in [-0.4, -0.2) is 25.8 Å². The van der Waals surface area contributed by atoms with E-state index in [0.717, 1.165) is 5.56 Å². The fourth-order valence-electron chi connectivity index (χ4n) is 2.54. The first-order valence-electron chi connectivity index (χ1n) is 8.06. The zero-order valence-electron chi connectivity index (χ0n) is 15.1. The number of benzene rings is 1. The molecule has 0 aromatic heterocycles. The van der Waals surface area contributed by atoms with Crippen molar-refractivity contribution in [3.63, 3.8) is 0 Å². The van der Waals surface area contributed by atoms with Crippen molar-refractivity contribution in [2.45, 2.75) is 58.8 Å².